The van der Waals surface area contributed by atoms with Gasteiger partial charge in [0.15, 0.2) is 0 Å². The maximum absolute atomic E-state index is 6.02. The monoisotopic (exact) mass is 321 g/mol. The first-order valence-corrected chi connectivity index (χ1v) is 9.09. The van der Waals surface area contributed by atoms with Gasteiger partial charge in [-0.25, -0.2) is 0 Å². The lowest BCUT2D eigenvalue weighted by atomic mass is 9.96. The molecule has 2 nitrogen and oxygen atoms in total. The summed E-state index contributed by atoms with van der Waals surface area (Å²) in [7, 11) is 0. The van der Waals surface area contributed by atoms with Crippen molar-refractivity contribution in [1.29, 1.82) is 0 Å². The Bertz CT molecular complexity index is 660. The van der Waals surface area contributed by atoms with Crippen molar-refractivity contribution in [3.63, 3.8) is 0 Å². The predicted octanol–water partition coefficient (Wildman–Crippen LogP) is 4.48. The zero-order valence-corrected chi connectivity index (χ0v) is 13.9. The molecule has 2 aromatic heterocycles. The van der Waals surface area contributed by atoms with Crippen LogP contribution >= 0.6 is 22.9 Å². The molecule has 2 aliphatic rings. The summed E-state index contributed by atoms with van der Waals surface area (Å²) in [5.41, 5.74) is 2.96. The van der Waals surface area contributed by atoms with Gasteiger partial charge in [0.1, 0.15) is 11.5 Å². The minimum atomic E-state index is 0.581. The molecule has 2 aliphatic heterocycles. The van der Waals surface area contributed by atoms with Gasteiger partial charge in [-0.15, -0.1) is 22.9 Å². The van der Waals surface area contributed by atoms with E-state index in [1.54, 1.807) is 10.4 Å². The molecule has 0 saturated heterocycles. The minimum Gasteiger partial charge on any atom is -0.466 e. The van der Waals surface area contributed by atoms with Gasteiger partial charge in [-0.2, -0.15) is 0 Å². The van der Waals surface area contributed by atoms with E-state index in [1.165, 1.54) is 35.6 Å². The van der Waals surface area contributed by atoms with Crippen LogP contribution in [0.2, 0.25) is 0 Å². The molecule has 0 radical (unpaired) electrons. The number of hydrogen-bond acceptors (Lipinski definition) is 3. The number of alkyl halides is 1. The molecule has 21 heavy (non-hydrogen) atoms. The average Bonchev–Trinajstić information content (AvgIpc) is 2.96. The Kier molecular flexibility index (Phi) is 3.60. The Morgan fingerprint density at radius 1 is 1.38 bits per heavy atom. The van der Waals surface area contributed by atoms with Gasteiger partial charge in [0.2, 0.25) is 0 Å². The number of aryl methyl sites for hydroxylation is 3. The van der Waals surface area contributed by atoms with Crippen molar-refractivity contribution in [2.24, 2.45) is 0 Å². The van der Waals surface area contributed by atoms with E-state index in [1.807, 2.05) is 11.3 Å². The fourth-order valence-corrected chi connectivity index (χ4v) is 5.03. The zero-order valence-electron chi connectivity index (χ0n) is 12.3. The van der Waals surface area contributed by atoms with Crippen LogP contribution in [0.5, 0.6) is 0 Å². The molecule has 4 heterocycles. The molecule has 4 heteroatoms. The van der Waals surface area contributed by atoms with Crippen molar-refractivity contribution >= 4 is 22.9 Å². The third kappa shape index (κ3) is 2.45. The number of nitrogens with zero attached hydrogens (tertiary/aromatic N) is 1. The van der Waals surface area contributed by atoms with E-state index in [2.05, 4.69) is 24.0 Å². The summed E-state index contributed by atoms with van der Waals surface area (Å²) in [6.45, 7) is 4.43. The largest absolute Gasteiger partial charge is 0.466 e. The smallest absolute Gasteiger partial charge is 0.108 e. The third-order valence-corrected chi connectivity index (χ3v) is 6.01. The third-order valence-electron chi connectivity index (χ3n) is 4.70. The summed E-state index contributed by atoms with van der Waals surface area (Å²) >= 11 is 7.81. The van der Waals surface area contributed by atoms with Gasteiger partial charge in [-0.3, -0.25) is 4.90 Å². The Balaban J connectivity index is 1.63. The number of halogens is 1. The highest BCUT2D eigenvalue weighted by Gasteiger charge is 2.32. The standard InChI is InChI=1S/C17H20ClNOS/c1-11-8-14-15-2-3-16-12(9-13(20-16)4-6-18)10-19(15)7-5-17(14)21-11/h8-9,15H,2-7,10H2,1H3/t15-/m0/s1. The van der Waals surface area contributed by atoms with E-state index >= 15 is 0 Å². The van der Waals surface area contributed by atoms with Crippen molar-refractivity contribution in [2.75, 3.05) is 12.4 Å². The Hall–Kier alpha value is -0.770. The predicted molar refractivity (Wildman–Crippen MR) is 87.4 cm³/mol. The SMILES string of the molecule is Cc1cc2c(s1)CCN1Cc3cc(CCCl)oc3CC[C@@H]21. The van der Waals surface area contributed by atoms with Crippen molar-refractivity contribution in [3.05, 3.63) is 44.5 Å². The summed E-state index contributed by atoms with van der Waals surface area (Å²) in [4.78, 5) is 5.70. The molecule has 112 valence electrons. The lowest BCUT2D eigenvalue weighted by Gasteiger charge is -2.34. The maximum Gasteiger partial charge on any atom is 0.108 e. The molecule has 4 rings (SSSR count). The van der Waals surface area contributed by atoms with E-state index in [0.717, 1.165) is 25.1 Å². The van der Waals surface area contributed by atoms with E-state index in [0.29, 0.717) is 11.9 Å². The second-order valence-corrected chi connectivity index (χ2v) is 7.83. The summed E-state index contributed by atoms with van der Waals surface area (Å²) in [5, 5.41) is 0. The van der Waals surface area contributed by atoms with Gasteiger partial charge in [-0.1, -0.05) is 0 Å². The fourth-order valence-electron chi connectivity index (χ4n) is 3.76. The normalized spacial score (nSPS) is 21.5. The first-order chi connectivity index (χ1) is 10.2. The second-order valence-electron chi connectivity index (χ2n) is 6.11. The molecule has 0 amide bonds. The molecule has 0 aromatic carbocycles. The van der Waals surface area contributed by atoms with Gasteiger partial charge < -0.3 is 4.42 Å². The van der Waals surface area contributed by atoms with Crippen LogP contribution in [0, 0.1) is 6.92 Å². The fraction of sp³-hybridized carbons (Fsp3) is 0.529. The number of rotatable bonds is 2. The molecule has 0 saturated carbocycles. The van der Waals surface area contributed by atoms with Crippen molar-refractivity contribution in [1.82, 2.24) is 4.90 Å². The summed E-state index contributed by atoms with van der Waals surface area (Å²) < 4.78 is 6.02. The van der Waals surface area contributed by atoms with Crippen LogP contribution in [-0.4, -0.2) is 17.3 Å². The van der Waals surface area contributed by atoms with Gasteiger partial charge in [0.25, 0.3) is 0 Å². The molecule has 0 fully saturated rings. The van der Waals surface area contributed by atoms with Gasteiger partial charge in [0.05, 0.1) is 0 Å². The van der Waals surface area contributed by atoms with Gasteiger partial charge in [0, 0.05) is 53.2 Å². The number of thiophene rings is 1. The molecular weight excluding hydrogens is 302 g/mol. The van der Waals surface area contributed by atoms with Crippen LogP contribution in [0.15, 0.2) is 16.5 Å². The van der Waals surface area contributed by atoms with Crippen molar-refractivity contribution in [2.45, 2.75) is 45.2 Å². The van der Waals surface area contributed by atoms with E-state index in [4.69, 9.17) is 16.0 Å². The highest BCUT2D eigenvalue weighted by Crippen LogP contribution is 2.41. The minimum absolute atomic E-state index is 0.581. The van der Waals surface area contributed by atoms with Crippen LogP contribution in [0.1, 0.15) is 44.9 Å². The van der Waals surface area contributed by atoms with Gasteiger partial charge >= 0.3 is 0 Å². The molecule has 2 aromatic rings. The van der Waals surface area contributed by atoms with Crippen LogP contribution in [0.3, 0.4) is 0 Å². The summed E-state index contributed by atoms with van der Waals surface area (Å²) in [6.07, 6.45) is 4.26. The van der Waals surface area contributed by atoms with Crippen molar-refractivity contribution in [3.8, 4) is 0 Å². The molecule has 1 atom stereocenters. The lowest BCUT2D eigenvalue weighted by Crippen LogP contribution is -2.33. The number of hydrogen-bond donors (Lipinski definition) is 0. The maximum atomic E-state index is 6.02. The highest BCUT2D eigenvalue weighted by atomic mass is 35.5. The summed E-state index contributed by atoms with van der Waals surface area (Å²) in [6, 6.07) is 5.22. The van der Waals surface area contributed by atoms with E-state index in [9.17, 15) is 0 Å². The molecule has 0 N–H and O–H groups in total. The Labute approximate surface area is 134 Å². The first-order valence-electron chi connectivity index (χ1n) is 7.74. The molecule has 0 unspecified atom stereocenters. The number of fused-ring (bicyclic) bond motifs is 4. The molecular formula is C17H20ClNOS. The molecule has 0 aliphatic carbocycles. The van der Waals surface area contributed by atoms with Gasteiger partial charge in [-0.05, 0) is 37.5 Å². The van der Waals surface area contributed by atoms with E-state index < -0.39 is 0 Å². The van der Waals surface area contributed by atoms with Crippen molar-refractivity contribution < 1.29 is 4.42 Å². The molecule has 0 bridgehead atoms. The quantitative estimate of drug-likeness (QED) is 0.758. The van der Waals surface area contributed by atoms with Crippen LogP contribution in [-0.2, 0) is 25.8 Å². The second kappa shape index (κ2) is 5.45. The zero-order chi connectivity index (χ0) is 14.4. The first kappa shape index (κ1) is 13.9. The van der Waals surface area contributed by atoms with Crippen LogP contribution in [0.4, 0.5) is 0 Å². The Morgan fingerprint density at radius 3 is 3.14 bits per heavy atom. The number of furan rings is 1. The van der Waals surface area contributed by atoms with Crippen LogP contribution in [0.25, 0.3) is 0 Å². The average molecular weight is 322 g/mol. The van der Waals surface area contributed by atoms with Crippen LogP contribution < -0.4 is 0 Å². The molecule has 0 spiro atoms. The lowest BCUT2D eigenvalue weighted by molar-refractivity contribution is 0.175. The highest BCUT2D eigenvalue weighted by molar-refractivity contribution is 7.12. The van der Waals surface area contributed by atoms with E-state index in [-0.39, 0.29) is 0 Å². The Morgan fingerprint density at radius 2 is 2.29 bits per heavy atom. The summed E-state index contributed by atoms with van der Waals surface area (Å²) in [5.74, 6) is 2.88. The topological polar surface area (TPSA) is 16.4 Å².